The number of nitrogens with one attached hydrogen (secondary N) is 1. The number of amides is 1. The molecule has 0 aliphatic heterocycles. The summed E-state index contributed by atoms with van der Waals surface area (Å²) in [5.41, 5.74) is 2.81. The molecule has 168 valence electrons. The van der Waals surface area contributed by atoms with Crippen LogP contribution in [0, 0.1) is 0 Å². The SMILES string of the molecule is CCOC(=O)Nc1ccc2c(/C=C/C(=O)c3cc(OC)c(OC)c(OC)c3)cn(C)c2c1. The average Bonchev–Trinajstić information content (AvgIpc) is 3.11. The maximum Gasteiger partial charge on any atom is 0.411 e. The third-order valence-corrected chi connectivity index (χ3v) is 4.91. The number of nitrogens with zero attached hydrogens (tertiary/aromatic N) is 1. The van der Waals surface area contributed by atoms with Crippen LogP contribution in [0.4, 0.5) is 10.5 Å². The fourth-order valence-corrected chi connectivity index (χ4v) is 3.40. The lowest BCUT2D eigenvalue weighted by Gasteiger charge is -2.13. The van der Waals surface area contributed by atoms with Gasteiger partial charge < -0.3 is 23.5 Å². The van der Waals surface area contributed by atoms with E-state index in [-0.39, 0.29) is 5.78 Å². The van der Waals surface area contributed by atoms with Crippen LogP contribution in [0.15, 0.2) is 42.6 Å². The zero-order chi connectivity index (χ0) is 23.3. The van der Waals surface area contributed by atoms with Crippen LogP contribution in [-0.4, -0.2) is 44.4 Å². The molecule has 1 heterocycles. The minimum Gasteiger partial charge on any atom is -0.493 e. The summed E-state index contributed by atoms with van der Waals surface area (Å²) in [5.74, 6) is 1.05. The number of aromatic nitrogens is 1. The van der Waals surface area contributed by atoms with Gasteiger partial charge in [0.1, 0.15) is 0 Å². The monoisotopic (exact) mass is 438 g/mol. The van der Waals surface area contributed by atoms with Gasteiger partial charge in [-0.25, -0.2) is 4.79 Å². The van der Waals surface area contributed by atoms with Crippen LogP contribution in [0.5, 0.6) is 17.2 Å². The normalized spacial score (nSPS) is 10.9. The molecule has 0 aliphatic rings. The lowest BCUT2D eigenvalue weighted by atomic mass is 10.1. The van der Waals surface area contributed by atoms with Crippen molar-refractivity contribution in [3.8, 4) is 17.2 Å². The molecule has 1 amide bonds. The summed E-state index contributed by atoms with van der Waals surface area (Å²) in [5, 5.41) is 3.63. The van der Waals surface area contributed by atoms with Gasteiger partial charge in [-0.1, -0.05) is 6.07 Å². The average molecular weight is 438 g/mol. The number of hydrogen-bond acceptors (Lipinski definition) is 6. The second-order valence-corrected chi connectivity index (χ2v) is 6.88. The van der Waals surface area contributed by atoms with Crippen molar-refractivity contribution in [3.63, 3.8) is 0 Å². The molecular weight excluding hydrogens is 412 g/mol. The molecule has 0 fully saturated rings. The van der Waals surface area contributed by atoms with Crippen molar-refractivity contribution in [2.75, 3.05) is 33.3 Å². The molecule has 8 heteroatoms. The third kappa shape index (κ3) is 4.69. The first-order valence-corrected chi connectivity index (χ1v) is 9.97. The number of methoxy groups -OCH3 is 3. The Morgan fingerprint density at radius 2 is 1.72 bits per heavy atom. The summed E-state index contributed by atoms with van der Waals surface area (Å²) in [6.45, 7) is 2.05. The topological polar surface area (TPSA) is 88.0 Å². The predicted octanol–water partition coefficient (Wildman–Crippen LogP) is 4.67. The molecule has 0 aliphatic carbocycles. The molecule has 1 aromatic heterocycles. The predicted molar refractivity (Wildman–Crippen MR) is 123 cm³/mol. The zero-order valence-corrected chi connectivity index (χ0v) is 18.7. The first-order valence-electron chi connectivity index (χ1n) is 9.97. The molecule has 3 rings (SSSR count). The molecular formula is C24H26N2O6. The number of aryl methyl sites for hydroxylation is 1. The van der Waals surface area contributed by atoms with E-state index in [1.807, 2.05) is 29.9 Å². The number of ketones is 1. The molecule has 0 saturated heterocycles. The van der Waals surface area contributed by atoms with E-state index < -0.39 is 6.09 Å². The van der Waals surface area contributed by atoms with Gasteiger partial charge in [0.2, 0.25) is 5.75 Å². The van der Waals surface area contributed by atoms with Crippen molar-refractivity contribution in [1.29, 1.82) is 0 Å². The number of carbonyl (C=O) groups is 2. The highest BCUT2D eigenvalue weighted by atomic mass is 16.5. The smallest absolute Gasteiger partial charge is 0.411 e. The van der Waals surface area contributed by atoms with Crippen LogP contribution in [0.2, 0.25) is 0 Å². The molecule has 2 aromatic carbocycles. The molecule has 0 unspecified atom stereocenters. The van der Waals surface area contributed by atoms with Gasteiger partial charge >= 0.3 is 6.09 Å². The van der Waals surface area contributed by atoms with E-state index in [1.165, 1.54) is 27.4 Å². The Balaban J connectivity index is 1.88. The van der Waals surface area contributed by atoms with E-state index in [4.69, 9.17) is 18.9 Å². The van der Waals surface area contributed by atoms with Crippen molar-refractivity contribution in [1.82, 2.24) is 4.57 Å². The van der Waals surface area contributed by atoms with Gasteiger partial charge in [-0.05, 0) is 43.3 Å². The Hall–Kier alpha value is -3.94. The third-order valence-electron chi connectivity index (χ3n) is 4.91. The van der Waals surface area contributed by atoms with Crippen LogP contribution in [0.25, 0.3) is 17.0 Å². The Labute approximate surface area is 186 Å². The highest BCUT2D eigenvalue weighted by Crippen LogP contribution is 2.38. The largest absolute Gasteiger partial charge is 0.493 e. The molecule has 0 spiro atoms. The fourth-order valence-electron chi connectivity index (χ4n) is 3.40. The van der Waals surface area contributed by atoms with Gasteiger partial charge in [-0.15, -0.1) is 0 Å². The number of fused-ring (bicyclic) bond motifs is 1. The second-order valence-electron chi connectivity index (χ2n) is 6.88. The van der Waals surface area contributed by atoms with Gasteiger partial charge in [-0.2, -0.15) is 0 Å². The van der Waals surface area contributed by atoms with Crippen molar-refractivity contribution >= 4 is 34.5 Å². The molecule has 0 atom stereocenters. The zero-order valence-electron chi connectivity index (χ0n) is 18.7. The summed E-state index contributed by atoms with van der Waals surface area (Å²) in [6, 6.07) is 8.76. The van der Waals surface area contributed by atoms with E-state index in [0.717, 1.165) is 16.5 Å². The Bertz CT molecular complexity index is 1150. The minimum atomic E-state index is -0.503. The molecule has 3 aromatic rings. The number of anilines is 1. The number of hydrogen-bond donors (Lipinski definition) is 1. The molecule has 8 nitrogen and oxygen atoms in total. The van der Waals surface area contributed by atoms with Crippen LogP contribution >= 0.6 is 0 Å². The van der Waals surface area contributed by atoms with Crippen molar-refractivity contribution in [2.45, 2.75) is 6.92 Å². The number of carbonyl (C=O) groups excluding carboxylic acids is 2. The van der Waals surface area contributed by atoms with Gasteiger partial charge in [-0.3, -0.25) is 10.1 Å². The molecule has 1 N–H and O–H groups in total. The van der Waals surface area contributed by atoms with Crippen LogP contribution in [0.3, 0.4) is 0 Å². The van der Waals surface area contributed by atoms with Crippen LogP contribution < -0.4 is 19.5 Å². The van der Waals surface area contributed by atoms with E-state index in [9.17, 15) is 9.59 Å². The first-order chi connectivity index (χ1) is 15.4. The number of ether oxygens (including phenoxy) is 4. The quantitative estimate of drug-likeness (QED) is 0.406. The molecule has 0 saturated carbocycles. The van der Waals surface area contributed by atoms with Crippen LogP contribution in [0.1, 0.15) is 22.8 Å². The molecule has 0 radical (unpaired) electrons. The number of benzene rings is 2. The number of allylic oxidation sites excluding steroid dienone is 1. The summed E-state index contributed by atoms with van der Waals surface area (Å²) in [4.78, 5) is 24.5. The molecule has 0 bridgehead atoms. The summed E-state index contributed by atoms with van der Waals surface area (Å²) < 4.78 is 22.8. The van der Waals surface area contributed by atoms with Crippen LogP contribution in [-0.2, 0) is 11.8 Å². The van der Waals surface area contributed by atoms with Gasteiger partial charge in [0, 0.05) is 35.4 Å². The Kier molecular flexibility index (Phi) is 7.04. The standard InChI is InChI=1S/C24H26N2O6/c1-6-32-24(28)25-17-8-9-18-15(14-26(2)19(18)13-17)7-10-20(27)16-11-21(29-3)23(31-5)22(12-16)30-4/h7-14H,6H2,1-5H3,(H,25,28)/b10-7+. The minimum absolute atomic E-state index is 0.207. The van der Waals surface area contributed by atoms with Crippen molar-refractivity contribution < 1.29 is 28.5 Å². The highest BCUT2D eigenvalue weighted by molar-refractivity contribution is 6.08. The molecule has 32 heavy (non-hydrogen) atoms. The summed E-state index contributed by atoms with van der Waals surface area (Å²) >= 11 is 0. The lowest BCUT2D eigenvalue weighted by Crippen LogP contribution is -2.13. The Morgan fingerprint density at radius 1 is 1.03 bits per heavy atom. The van der Waals surface area contributed by atoms with Crippen molar-refractivity contribution in [3.05, 3.63) is 53.7 Å². The highest BCUT2D eigenvalue weighted by Gasteiger charge is 2.16. The van der Waals surface area contributed by atoms with Gasteiger partial charge in [0.05, 0.1) is 33.5 Å². The Morgan fingerprint density at radius 3 is 2.31 bits per heavy atom. The fraction of sp³-hybridized carbons (Fsp3) is 0.250. The maximum absolute atomic E-state index is 12.8. The van der Waals surface area contributed by atoms with E-state index in [0.29, 0.717) is 35.1 Å². The van der Waals surface area contributed by atoms with E-state index >= 15 is 0 Å². The van der Waals surface area contributed by atoms with Crippen molar-refractivity contribution in [2.24, 2.45) is 7.05 Å². The second kappa shape index (κ2) is 9.91. The summed E-state index contributed by atoms with van der Waals surface area (Å²) in [6.07, 6.45) is 4.67. The summed E-state index contributed by atoms with van der Waals surface area (Å²) in [7, 11) is 6.41. The van der Waals surface area contributed by atoms with Gasteiger partial charge in [0.15, 0.2) is 17.3 Å². The van der Waals surface area contributed by atoms with Gasteiger partial charge in [0.25, 0.3) is 0 Å². The van der Waals surface area contributed by atoms with E-state index in [2.05, 4.69) is 5.32 Å². The maximum atomic E-state index is 12.8. The lowest BCUT2D eigenvalue weighted by molar-refractivity contribution is 0.104. The first kappa shape index (κ1) is 22.7. The van der Waals surface area contributed by atoms with E-state index in [1.54, 1.807) is 31.2 Å². The number of rotatable bonds is 8.